The fourth-order valence-electron chi connectivity index (χ4n) is 2.98. The average Bonchev–Trinajstić information content (AvgIpc) is 3.09. The lowest BCUT2D eigenvalue weighted by atomic mass is 9.96. The number of hydrogen-bond donors (Lipinski definition) is 0. The number of carbonyl (C=O) groups is 1. The molecule has 128 valence electrons. The summed E-state index contributed by atoms with van der Waals surface area (Å²) in [6, 6.07) is 7.80. The van der Waals surface area contributed by atoms with E-state index in [1.807, 2.05) is 36.7 Å². The molecule has 6 heteroatoms. The predicted molar refractivity (Wildman–Crippen MR) is 98.3 cm³/mol. The molecule has 1 aromatic carbocycles. The predicted octanol–water partition coefficient (Wildman–Crippen LogP) is 3.52. The third-order valence-electron chi connectivity index (χ3n) is 4.19. The van der Waals surface area contributed by atoms with E-state index in [1.165, 1.54) is 0 Å². The molecule has 0 aliphatic carbocycles. The van der Waals surface area contributed by atoms with Gasteiger partial charge in [-0.2, -0.15) is 0 Å². The number of methoxy groups -OCH3 is 1. The molecular weight excluding hydrogens is 346 g/mol. The Morgan fingerprint density at radius 2 is 2.04 bits per heavy atom. The van der Waals surface area contributed by atoms with Gasteiger partial charge in [0.25, 0.3) is 0 Å². The van der Waals surface area contributed by atoms with Crippen LogP contribution in [-0.4, -0.2) is 48.6 Å². The Morgan fingerprint density at radius 3 is 2.71 bits per heavy atom. The first-order chi connectivity index (χ1) is 11.7. The molecule has 1 aromatic rings. The maximum atomic E-state index is 12.7. The highest BCUT2D eigenvalue weighted by molar-refractivity contribution is 8.03. The highest BCUT2D eigenvalue weighted by Crippen LogP contribution is 2.40. The van der Waals surface area contributed by atoms with Crippen LogP contribution in [0.25, 0.3) is 5.70 Å². The van der Waals surface area contributed by atoms with Gasteiger partial charge >= 0.3 is 0 Å². The van der Waals surface area contributed by atoms with E-state index in [1.54, 1.807) is 18.9 Å². The molecule has 0 amide bonds. The van der Waals surface area contributed by atoms with Crippen LogP contribution in [0.2, 0.25) is 0 Å². The van der Waals surface area contributed by atoms with Crippen LogP contribution in [0.15, 0.2) is 41.5 Å². The van der Waals surface area contributed by atoms with E-state index >= 15 is 0 Å². The number of hydrogen-bond acceptors (Lipinski definition) is 5. The van der Waals surface area contributed by atoms with Crippen molar-refractivity contribution in [3.8, 4) is 5.75 Å². The quantitative estimate of drug-likeness (QED) is 0.569. The van der Waals surface area contributed by atoms with Crippen molar-refractivity contribution in [2.24, 2.45) is 0 Å². The first-order valence-corrected chi connectivity index (χ1v) is 9.31. The van der Waals surface area contributed by atoms with Gasteiger partial charge in [-0.15, -0.1) is 23.4 Å². The van der Waals surface area contributed by atoms with Gasteiger partial charge in [-0.3, -0.25) is 4.79 Å². The molecule has 0 bridgehead atoms. The molecule has 0 aromatic heterocycles. The standard InChI is InChI=1S/C18H20ClNO3S/c1-20-14-8-11-24-18(14)16(21)17(22-2)15(20)12-4-6-13(7-5-12)23-10-3-9-19/h4-8,11,14,18H,3,9-10H2,1-2H3. The minimum Gasteiger partial charge on any atom is -0.494 e. The normalized spacial score (nSPS) is 22.8. The monoisotopic (exact) mass is 365 g/mol. The van der Waals surface area contributed by atoms with Gasteiger partial charge in [0.2, 0.25) is 5.78 Å². The molecule has 3 rings (SSSR count). The van der Waals surface area contributed by atoms with Crippen LogP contribution < -0.4 is 4.74 Å². The Hall–Kier alpha value is -1.59. The van der Waals surface area contributed by atoms with Crippen LogP contribution in [-0.2, 0) is 9.53 Å². The van der Waals surface area contributed by atoms with Crippen molar-refractivity contribution in [2.75, 3.05) is 26.6 Å². The van der Waals surface area contributed by atoms with E-state index in [9.17, 15) is 4.79 Å². The van der Waals surface area contributed by atoms with Gasteiger partial charge in [-0.05, 0) is 36.1 Å². The highest BCUT2D eigenvalue weighted by atomic mass is 35.5. The number of allylic oxidation sites excluding steroid dienone is 1. The molecule has 4 nitrogen and oxygen atoms in total. The van der Waals surface area contributed by atoms with Gasteiger partial charge in [-0.1, -0.05) is 6.08 Å². The van der Waals surface area contributed by atoms with Crippen LogP contribution in [0.4, 0.5) is 0 Å². The summed E-state index contributed by atoms with van der Waals surface area (Å²) in [7, 11) is 3.55. The number of Topliss-reactive ketones (excluding diaryl/α,β-unsaturated/α-hetero) is 1. The average molecular weight is 366 g/mol. The SMILES string of the molecule is COC1=C(c2ccc(OCCCCl)cc2)N(C)C2C=CSC2C1=O. The van der Waals surface area contributed by atoms with Crippen molar-refractivity contribution in [2.45, 2.75) is 17.7 Å². The summed E-state index contributed by atoms with van der Waals surface area (Å²) in [6.07, 6.45) is 2.88. The van der Waals surface area contributed by atoms with Crippen LogP contribution in [0, 0.1) is 0 Å². The Kier molecular flexibility index (Phi) is 5.41. The van der Waals surface area contributed by atoms with Crippen LogP contribution in [0.5, 0.6) is 5.75 Å². The second-order valence-corrected chi connectivity index (χ2v) is 7.08. The number of alkyl halides is 1. The summed E-state index contributed by atoms with van der Waals surface area (Å²) < 4.78 is 11.1. The second kappa shape index (κ2) is 7.53. The van der Waals surface area contributed by atoms with Crippen molar-refractivity contribution in [3.05, 3.63) is 47.1 Å². The van der Waals surface area contributed by atoms with E-state index in [-0.39, 0.29) is 17.1 Å². The van der Waals surface area contributed by atoms with E-state index in [0.717, 1.165) is 23.4 Å². The van der Waals surface area contributed by atoms with E-state index in [2.05, 4.69) is 11.0 Å². The number of ketones is 1. The van der Waals surface area contributed by atoms with Crippen LogP contribution in [0.3, 0.4) is 0 Å². The first-order valence-electron chi connectivity index (χ1n) is 7.84. The lowest BCUT2D eigenvalue weighted by molar-refractivity contribution is -0.119. The first kappa shape index (κ1) is 17.2. The minimum atomic E-state index is -0.119. The summed E-state index contributed by atoms with van der Waals surface area (Å²) in [6.45, 7) is 0.596. The minimum absolute atomic E-state index is 0.0491. The molecule has 2 unspecified atom stereocenters. The molecule has 2 aliphatic heterocycles. The fraction of sp³-hybridized carbons (Fsp3) is 0.389. The molecule has 0 spiro atoms. The lowest BCUT2D eigenvalue weighted by Gasteiger charge is -2.37. The molecule has 2 heterocycles. The summed E-state index contributed by atoms with van der Waals surface area (Å²) >= 11 is 7.21. The van der Waals surface area contributed by atoms with Gasteiger partial charge in [0, 0.05) is 18.5 Å². The third-order valence-corrected chi connectivity index (χ3v) is 5.55. The number of fused-ring (bicyclic) bond motifs is 1. The summed E-state index contributed by atoms with van der Waals surface area (Å²) in [4.78, 5) is 14.8. The fourth-order valence-corrected chi connectivity index (χ4v) is 4.18. The van der Waals surface area contributed by atoms with Gasteiger partial charge < -0.3 is 14.4 Å². The Balaban J connectivity index is 1.89. The number of halogens is 1. The van der Waals surface area contributed by atoms with E-state index in [4.69, 9.17) is 21.1 Å². The molecule has 2 aliphatic rings. The molecule has 0 saturated heterocycles. The molecule has 0 fully saturated rings. The number of nitrogens with zero attached hydrogens (tertiary/aromatic N) is 1. The Morgan fingerprint density at radius 1 is 1.29 bits per heavy atom. The molecule has 24 heavy (non-hydrogen) atoms. The second-order valence-electron chi connectivity index (χ2n) is 5.65. The topological polar surface area (TPSA) is 38.8 Å². The molecular formula is C18H20ClNO3S. The summed E-state index contributed by atoms with van der Waals surface area (Å²) in [5.41, 5.74) is 1.76. The number of thioether (sulfide) groups is 1. The van der Waals surface area contributed by atoms with Gasteiger partial charge in [0.05, 0.1) is 30.7 Å². The molecule has 2 atom stereocenters. The maximum Gasteiger partial charge on any atom is 0.215 e. The van der Waals surface area contributed by atoms with E-state index < -0.39 is 0 Å². The third kappa shape index (κ3) is 3.15. The van der Waals surface area contributed by atoms with Gasteiger partial charge in [0.15, 0.2) is 5.76 Å². The number of likely N-dealkylation sites (N-methyl/N-ethyl adjacent to an activating group) is 1. The summed E-state index contributed by atoms with van der Waals surface area (Å²) in [5.74, 6) is 1.85. The van der Waals surface area contributed by atoms with Crippen molar-refractivity contribution in [1.82, 2.24) is 4.90 Å². The number of rotatable bonds is 6. The Labute approximate surface area is 151 Å². The van der Waals surface area contributed by atoms with Gasteiger partial charge in [0.1, 0.15) is 5.75 Å². The zero-order valence-electron chi connectivity index (χ0n) is 13.7. The number of carbonyl (C=O) groups excluding carboxylic acids is 1. The molecule has 0 radical (unpaired) electrons. The smallest absolute Gasteiger partial charge is 0.215 e. The lowest BCUT2D eigenvalue weighted by Crippen LogP contribution is -2.45. The summed E-state index contributed by atoms with van der Waals surface area (Å²) in [5, 5.41) is 1.88. The molecule has 0 N–H and O–H groups in total. The zero-order valence-corrected chi connectivity index (χ0v) is 15.3. The number of benzene rings is 1. The van der Waals surface area contributed by atoms with Crippen molar-refractivity contribution in [1.29, 1.82) is 0 Å². The van der Waals surface area contributed by atoms with Crippen LogP contribution in [0.1, 0.15) is 12.0 Å². The van der Waals surface area contributed by atoms with E-state index in [0.29, 0.717) is 18.2 Å². The van der Waals surface area contributed by atoms with Crippen molar-refractivity contribution in [3.63, 3.8) is 0 Å². The zero-order chi connectivity index (χ0) is 17.1. The van der Waals surface area contributed by atoms with Gasteiger partial charge in [-0.25, -0.2) is 0 Å². The maximum absolute atomic E-state index is 12.7. The number of ether oxygens (including phenoxy) is 2. The van der Waals surface area contributed by atoms with Crippen molar-refractivity contribution < 1.29 is 14.3 Å². The Bertz CT molecular complexity index is 671. The molecule has 0 saturated carbocycles. The highest BCUT2D eigenvalue weighted by Gasteiger charge is 2.42. The van der Waals surface area contributed by atoms with Crippen molar-refractivity contribution >= 4 is 34.8 Å². The largest absolute Gasteiger partial charge is 0.494 e. The van der Waals surface area contributed by atoms with Crippen LogP contribution >= 0.6 is 23.4 Å².